The molecule has 0 rings (SSSR count). The van der Waals surface area contributed by atoms with Gasteiger partial charge in [-0.1, -0.05) is 135 Å². The molecule has 0 bridgehead atoms. The van der Waals surface area contributed by atoms with Gasteiger partial charge in [0.1, 0.15) is 0 Å². The summed E-state index contributed by atoms with van der Waals surface area (Å²) in [5.41, 5.74) is 5.36. The molecule has 1 radical (unpaired) electrons. The van der Waals surface area contributed by atoms with Crippen molar-refractivity contribution in [2.45, 2.75) is 160 Å². The van der Waals surface area contributed by atoms with E-state index >= 15 is 0 Å². The van der Waals surface area contributed by atoms with Gasteiger partial charge in [0, 0.05) is 18.6 Å². The third-order valence-electron chi connectivity index (χ3n) is 6.26. The first-order valence-corrected chi connectivity index (χ1v) is 11.1. The van der Waals surface area contributed by atoms with Gasteiger partial charge in [0.05, 0.1) is 0 Å². The van der Waals surface area contributed by atoms with Crippen molar-refractivity contribution >= 4 is 0 Å². The van der Waals surface area contributed by atoms with Gasteiger partial charge in [-0.05, 0) is 70.6 Å². The van der Waals surface area contributed by atoms with Gasteiger partial charge in [0.15, 0.2) is 0 Å². The Balaban J connectivity index is -0.0000000253. The topological polar surface area (TPSA) is 0 Å². The zero-order valence-corrected chi connectivity index (χ0v) is 25.5. The standard InChI is InChI=1S/C8H18.C7H16.2C6H12.4CH4.CH3.V/c1-6-8(4,5)7(2)3;1-6(2)7(3,4)5;1-5(2)6(3)4;1-4-6(3)5-2;;;;;;/h7H,6H2,1-5H3;6H,1-5H3;1-4H3;4H,5H2,1-3H3;4*1H4;1H3;/q;;;;;;;;-1;/b;;;6-4+;;;;;;. The molecule has 0 saturated carbocycles. The fourth-order valence-electron chi connectivity index (χ4n) is 0.612. The van der Waals surface area contributed by atoms with Crippen LogP contribution in [0.2, 0.25) is 0 Å². The van der Waals surface area contributed by atoms with Gasteiger partial charge < -0.3 is 7.43 Å². The second-order valence-corrected chi connectivity index (χ2v) is 10.5. The van der Waals surface area contributed by atoms with Crippen LogP contribution < -0.4 is 0 Å². The quantitative estimate of drug-likeness (QED) is 0.260. The van der Waals surface area contributed by atoms with E-state index in [0.717, 1.165) is 11.8 Å². The zero-order valence-electron chi connectivity index (χ0n) is 24.1. The smallest absolute Gasteiger partial charge is 0 e. The molecule has 0 saturated heterocycles. The van der Waals surface area contributed by atoms with Crippen LogP contribution in [-0.2, 0) is 18.6 Å². The average Bonchev–Trinajstić information content (AvgIpc) is 2.54. The van der Waals surface area contributed by atoms with Crippen LogP contribution in [0.5, 0.6) is 0 Å². The predicted molar refractivity (Wildman–Crippen MR) is 166 cm³/mol. The molecule has 0 fully saturated rings. The Kier molecular flexibility index (Phi) is 66.3. The molecular formula is C32H77V-. The monoisotopic (exact) mass is 513 g/mol. The molecule has 33 heavy (non-hydrogen) atoms. The minimum absolute atomic E-state index is 0. The van der Waals surface area contributed by atoms with Crippen molar-refractivity contribution in [1.29, 1.82) is 0 Å². The molecule has 211 valence electrons. The van der Waals surface area contributed by atoms with Crippen molar-refractivity contribution in [3.63, 3.8) is 0 Å². The molecule has 0 nitrogen and oxygen atoms in total. The van der Waals surface area contributed by atoms with Gasteiger partial charge in [0.25, 0.3) is 0 Å². The Hall–Kier alpha value is 0.0644. The Morgan fingerprint density at radius 2 is 0.909 bits per heavy atom. The molecule has 0 aromatic carbocycles. The third-order valence-corrected chi connectivity index (χ3v) is 6.26. The predicted octanol–water partition coefficient (Wildman–Crippen LogP) is 13.5. The van der Waals surface area contributed by atoms with Gasteiger partial charge in [0.2, 0.25) is 0 Å². The molecule has 0 heterocycles. The van der Waals surface area contributed by atoms with Crippen molar-refractivity contribution in [1.82, 2.24) is 0 Å². The molecule has 0 aliphatic carbocycles. The van der Waals surface area contributed by atoms with E-state index in [-0.39, 0.29) is 55.7 Å². The summed E-state index contributed by atoms with van der Waals surface area (Å²) in [4.78, 5) is 0. The van der Waals surface area contributed by atoms with Crippen molar-refractivity contribution in [2.75, 3.05) is 0 Å². The van der Waals surface area contributed by atoms with Crippen LogP contribution in [0.15, 0.2) is 22.8 Å². The van der Waals surface area contributed by atoms with Crippen LogP contribution in [0, 0.1) is 30.1 Å². The largest absolute Gasteiger partial charge is 0.358 e. The minimum Gasteiger partial charge on any atom is -0.358 e. The summed E-state index contributed by atoms with van der Waals surface area (Å²) in [6.07, 6.45) is 4.61. The Labute approximate surface area is 231 Å². The molecule has 0 N–H and O–H groups in total. The Morgan fingerprint density at radius 1 is 0.667 bits per heavy atom. The van der Waals surface area contributed by atoms with Crippen molar-refractivity contribution in [2.24, 2.45) is 22.7 Å². The van der Waals surface area contributed by atoms with Crippen LogP contribution in [0.1, 0.15) is 160 Å². The molecule has 0 aromatic rings. The maximum absolute atomic E-state index is 2.32. The molecular weight excluding hydrogens is 435 g/mol. The van der Waals surface area contributed by atoms with Gasteiger partial charge >= 0.3 is 0 Å². The minimum atomic E-state index is 0. The molecule has 0 spiro atoms. The number of hydrogen-bond donors (Lipinski definition) is 0. The summed E-state index contributed by atoms with van der Waals surface area (Å²) in [5.74, 6) is 1.61. The van der Waals surface area contributed by atoms with Crippen LogP contribution in [0.25, 0.3) is 0 Å². The molecule has 0 aromatic heterocycles. The number of hydrogen-bond acceptors (Lipinski definition) is 0. The van der Waals surface area contributed by atoms with Gasteiger partial charge in [-0.3, -0.25) is 0 Å². The van der Waals surface area contributed by atoms with Crippen LogP contribution >= 0.6 is 0 Å². The molecule has 0 amide bonds. The first kappa shape index (κ1) is 63.9. The first-order valence-electron chi connectivity index (χ1n) is 11.1. The van der Waals surface area contributed by atoms with Crippen molar-refractivity contribution < 1.29 is 18.6 Å². The Morgan fingerprint density at radius 3 is 0.909 bits per heavy atom. The fraction of sp³-hybridized carbons (Fsp3) is 0.844. The number of rotatable bonds is 3. The average molecular weight is 513 g/mol. The Bertz CT molecular complexity index is 369. The van der Waals surface area contributed by atoms with Crippen LogP contribution in [-0.4, -0.2) is 0 Å². The second kappa shape index (κ2) is 34.2. The summed E-state index contributed by atoms with van der Waals surface area (Å²) < 4.78 is 0. The van der Waals surface area contributed by atoms with Gasteiger partial charge in [-0.25, -0.2) is 0 Å². The maximum atomic E-state index is 2.32. The van der Waals surface area contributed by atoms with Gasteiger partial charge in [-0.2, -0.15) is 0 Å². The summed E-state index contributed by atoms with van der Waals surface area (Å²) in [6.45, 7) is 37.6. The second-order valence-electron chi connectivity index (χ2n) is 10.5. The van der Waals surface area contributed by atoms with E-state index in [2.05, 4.69) is 124 Å². The van der Waals surface area contributed by atoms with E-state index in [1.165, 1.54) is 29.6 Å². The summed E-state index contributed by atoms with van der Waals surface area (Å²) in [7, 11) is 0. The van der Waals surface area contributed by atoms with E-state index in [1.807, 2.05) is 0 Å². The molecule has 0 aliphatic heterocycles. The van der Waals surface area contributed by atoms with E-state index in [1.54, 1.807) is 0 Å². The van der Waals surface area contributed by atoms with Crippen molar-refractivity contribution in [3.05, 3.63) is 30.2 Å². The van der Waals surface area contributed by atoms with Gasteiger partial charge in [-0.15, -0.1) is 0 Å². The third kappa shape index (κ3) is 54.5. The summed E-state index contributed by atoms with van der Waals surface area (Å²) in [5, 5.41) is 0. The zero-order chi connectivity index (χ0) is 23.0. The SMILES string of the molecule is C.C.C.C.C/C=C(\C)CC.CC(C)=C(C)C.CC(C)C(C)(C)C.CCC(C)(C)C(C)C.[CH3-].[V]. The van der Waals surface area contributed by atoms with E-state index in [9.17, 15) is 0 Å². The molecule has 0 atom stereocenters. The van der Waals surface area contributed by atoms with Crippen molar-refractivity contribution in [3.8, 4) is 0 Å². The van der Waals surface area contributed by atoms with E-state index < -0.39 is 0 Å². The molecule has 0 unspecified atom stereocenters. The first-order chi connectivity index (χ1) is 11.9. The van der Waals surface area contributed by atoms with Crippen LogP contribution in [0.4, 0.5) is 0 Å². The summed E-state index contributed by atoms with van der Waals surface area (Å²) in [6, 6.07) is 0. The number of allylic oxidation sites excluding steroid dienone is 4. The maximum Gasteiger partial charge on any atom is 0 e. The fourth-order valence-corrected chi connectivity index (χ4v) is 0.612. The molecule has 0 aliphatic rings. The molecule has 1 heteroatoms. The van der Waals surface area contributed by atoms with E-state index in [4.69, 9.17) is 0 Å². The summed E-state index contributed by atoms with van der Waals surface area (Å²) >= 11 is 0. The van der Waals surface area contributed by atoms with Crippen LogP contribution in [0.3, 0.4) is 0 Å². The van der Waals surface area contributed by atoms with E-state index in [0.29, 0.717) is 10.8 Å². The normalized spacial score (nSPS) is 9.48.